The van der Waals surface area contributed by atoms with Gasteiger partial charge in [-0.3, -0.25) is 0 Å². The zero-order valence-electron chi connectivity index (χ0n) is 8.10. The van der Waals surface area contributed by atoms with Crippen LogP contribution < -0.4 is 5.32 Å². The van der Waals surface area contributed by atoms with Gasteiger partial charge in [-0.05, 0) is 25.5 Å². The number of hydrogen-bond acceptors (Lipinski definition) is 2. The van der Waals surface area contributed by atoms with Gasteiger partial charge in [0, 0.05) is 18.6 Å². The van der Waals surface area contributed by atoms with Crippen LogP contribution in [0.1, 0.15) is 11.3 Å². The summed E-state index contributed by atoms with van der Waals surface area (Å²) in [6, 6.07) is 2.05. The summed E-state index contributed by atoms with van der Waals surface area (Å²) in [6.45, 7) is 4.12. The molecule has 0 unspecified atom stereocenters. The van der Waals surface area contributed by atoms with Gasteiger partial charge in [0.2, 0.25) is 0 Å². The maximum absolute atomic E-state index is 4.45. The van der Waals surface area contributed by atoms with Gasteiger partial charge in [-0.2, -0.15) is 0 Å². The molecular formula is C10H13N3. The molecule has 0 radical (unpaired) electrons. The number of rotatable bonds is 1. The van der Waals surface area contributed by atoms with Crippen LogP contribution in [0.2, 0.25) is 0 Å². The molecule has 0 aromatic carbocycles. The topological polar surface area (TPSA) is 40.7 Å². The fourth-order valence-electron chi connectivity index (χ4n) is 1.75. The van der Waals surface area contributed by atoms with Crippen molar-refractivity contribution in [2.75, 3.05) is 12.4 Å². The average molecular weight is 175 g/mol. The fraction of sp³-hybridized carbons (Fsp3) is 0.300. The van der Waals surface area contributed by atoms with Crippen molar-refractivity contribution >= 4 is 16.7 Å². The Labute approximate surface area is 77.2 Å². The van der Waals surface area contributed by atoms with E-state index in [1.807, 2.05) is 20.2 Å². The minimum atomic E-state index is 0.967. The van der Waals surface area contributed by atoms with E-state index < -0.39 is 0 Å². The molecule has 0 aliphatic carbocycles. The molecule has 0 amide bonds. The second kappa shape index (κ2) is 2.76. The summed E-state index contributed by atoms with van der Waals surface area (Å²) in [5.41, 5.74) is 4.39. The van der Waals surface area contributed by atoms with Gasteiger partial charge in [-0.15, -0.1) is 0 Å². The lowest BCUT2D eigenvalue weighted by atomic mass is 10.1. The van der Waals surface area contributed by atoms with Gasteiger partial charge in [0.1, 0.15) is 5.65 Å². The van der Waals surface area contributed by atoms with Crippen LogP contribution in [-0.2, 0) is 0 Å². The maximum atomic E-state index is 4.45. The third-order valence-corrected chi connectivity index (χ3v) is 2.40. The number of hydrogen-bond donors (Lipinski definition) is 2. The molecule has 0 aliphatic rings. The molecule has 2 heterocycles. The lowest BCUT2D eigenvalue weighted by Gasteiger charge is -2.08. The highest BCUT2D eigenvalue weighted by molar-refractivity contribution is 5.85. The molecule has 0 atom stereocenters. The van der Waals surface area contributed by atoms with Crippen LogP contribution in [0.3, 0.4) is 0 Å². The largest absolute Gasteiger partial charge is 0.386 e. The zero-order chi connectivity index (χ0) is 9.42. The van der Waals surface area contributed by atoms with Crippen molar-refractivity contribution in [1.29, 1.82) is 0 Å². The Hall–Kier alpha value is -1.51. The van der Waals surface area contributed by atoms with Crippen molar-refractivity contribution in [3.05, 3.63) is 23.5 Å². The average Bonchev–Trinajstić information content (AvgIpc) is 2.53. The third kappa shape index (κ3) is 1.08. The normalized spacial score (nSPS) is 10.7. The molecule has 0 saturated carbocycles. The number of nitrogens with one attached hydrogen (secondary N) is 2. The quantitative estimate of drug-likeness (QED) is 0.697. The molecule has 13 heavy (non-hydrogen) atoms. The predicted molar refractivity (Wildman–Crippen MR) is 55.1 cm³/mol. The Morgan fingerprint density at radius 2 is 2.15 bits per heavy atom. The van der Waals surface area contributed by atoms with E-state index in [0.717, 1.165) is 17.0 Å². The van der Waals surface area contributed by atoms with E-state index in [9.17, 15) is 0 Å². The lowest BCUT2D eigenvalue weighted by Crippen LogP contribution is -1.98. The molecule has 68 valence electrons. The first kappa shape index (κ1) is 8.10. The van der Waals surface area contributed by atoms with Crippen LogP contribution in [-0.4, -0.2) is 17.0 Å². The van der Waals surface area contributed by atoms with E-state index in [1.165, 1.54) is 10.9 Å². The zero-order valence-corrected chi connectivity index (χ0v) is 8.10. The van der Waals surface area contributed by atoms with Crippen LogP contribution in [0.5, 0.6) is 0 Å². The predicted octanol–water partition coefficient (Wildman–Crippen LogP) is 2.22. The lowest BCUT2D eigenvalue weighted by molar-refractivity contribution is 1.20. The molecule has 3 nitrogen and oxygen atoms in total. The summed E-state index contributed by atoms with van der Waals surface area (Å²) in [5, 5.41) is 4.36. The van der Waals surface area contributed by atoms with E-state index in [1.54, 1.807) is 0 Å². The highest BCUT2D eigenvalue weighted by Crippen LogP contribution is 2.25. The van der Waals surface area contributed by atoms with Crippen LogP contribution >= 0.6 is 0 Å². The Bertz CT molecular complexity index is 443. The SMILES string of the molecule is CNc1c(C)nc2[nH]ccc2c1C. The minimum Gasteiger partial charge on any atom is -0.386 e. The number of pyridine rings is 1. The van der Waals surface area contributed by atoms with Gasteiger partial charge in [0.25, 0.3) is 0 Å². The van der Waals surface area contributed by atoms with Crippen molar-refractivity contribution in [1.82, 2.24) is 9.97 Å². The summed E-state index contributed by atoms with van der Waals surface area (Å²) in [6.07, 6.45) is 1.92. The molecule has 2 N–H and O–H groups in total. The van der Waals surface area contributed by atoms with E-state index in [4.69, 9.17) is 0 Å². The molecule has 2 rings (SSSR count). The van der Waals surface area contributed by atoms with Gasteiger partial charge >= 0.3 is 0 Å². The molecule has 0 fully saturated rings. The van der Waals surface area contributed by atoms with Crippen LogP contribution in [0, 0.1) is 13.8 Å². The van der Waals surface area contributed by atoms with Crippen molar-refractivity contribution < 1.29 is 0 Å². The van der Waals surface area contributed by atoms with E-state index in [-0.39, 0.29) is 0 Å². The number of nitrogens with zero attached hydrogens (tertiary/aromatic N) is 1. The summed E-state index contributed by atoms with van der Waals surface area (Å²) in [5.74, 6) is 0. The van der Waals surface area contributed by atoms with Crippen LogP contribution in [0.25, 0.3) is 11.0 Å². The number of H-pyrrole nitrogens is 1. The van der Waals surface area contributed by atoms with Crippen molar-refractivity contribution in [2.24, 2.45) is 0 Å². The Morgan fingerprint density at radius 3 is 2.85 bits per heavy atom. The molecule has 0 bridgehead atoms. The van der Waals surface area contributed by atoms with Gasteiger partial charge in [-0.25, -0.2) is 4.98 Å². The summed E-state index contributed by atoms with van der Waals surface area (Å²) in [4.78, 5) is 7.56. The second-order valence-corrected chi connectivity index (χ2v) is 3.19. The standard InChI is InChI=1S/C10H13N3/c1-6-8-4-5-12-10(8)13-7(2)9(6)11-3/h4-5,11H,1-3H3,(H,12,13). The molecule has 3 heteroatoms. The van der Waals surface area contributed by atoms with E-state index in [2.05, 4.69) is 28.3 Å². The smallest absolute Gasteiger partial charge is 0.137 e. The monoisotopic (exact) mass is 175 g/mol. The number of aryl methyl sites for hydroxylation is 2. The van der Waals surface area contributed by atoms with E-state index in [0.29, 0.717) is 0 Å². The van der Waals surface area contributed by atoms with Gasteiger partial charge in [0.15, 0.2) is 0 Å². The summed E-state index contributed by atoms with van der Waals surface area (Å²) in [7, 11) is 1.93. The van der Waals surface area contributed by atoms with Crippen LogP contribution in [0.15, 0.2) is 12.3 Å². The molecular weight excluding hydrogens is 162 g/mol. The Kier molecular flexibility index (Phi) is 1.72. The van der Waals surface area contributed by atoms with Gasteiger partial charge < -0.3 is 10.3 Å². The Balaban J connectivity index is 2.85. The number of aromatic nitrogens is 2. The first-order valence-corrected chi connectivity index (χ1v) is 4.36. The third-order valence-electron chi connectivity index (χ3n) is 2.40. The van der Waals surface area contributed by atoms with Gasteiger partial charge in [0.05, 0.1) is 11.4 Å². The highest BCUT2D eigenvalue weighted by atomic mass is 14.9. The Morgan fingerprint density at radius 1 is 1.38 bits per heavy atom. The highest BCUT2D eigenvalue weighted by Gasteiger charge is 2.07. The number of fused-ring (bicyclic) bond motifs is 1. The first-order chi connectivity index (χ1) is 6.24. The maximum Gasteiger partial charge on any atom is 0.137 e. The van der Waals surface area contributed by atoms with Crippen molar-refractivity contribution in [2.45, 2.75) is 13.8 Å². The second-order valence-electron chi connectivity index (χ2n) is 3.19. The van der Waals surface area contributed by atoms with Gasteiger partial charge in [-0.1, -0.05) is 0 Å². The van der Waals surface area contributed by atoms with E-state index >= 15 is 0 Å². The molecule has 0 spiro atoms. The molecule has 0 saturated heterocycles. The number of aromatic amines is 1. The summed E-state index contributed by atoms with van der Waals surface area (Å²) >= 11 is 0. The molecule has 2 aromatic rings. The van der Waals surface area contributed by atoms with Crippen LogP contribution in [0.4, 0.5) is 5.69 Å². The molecule has 2 aromatic heterocycles. The first-order valence-electron chi connectivity index (χ1n) is 4.36. The number of anilines is 1. The summed E-state index contributed by atoms with van der Waals surface area (Å²) < 4.78 is 0. The molecule has 0 aliphatic heterocycles. The van der Waals surface area contributed by atoms with Crippen molar-refractivity contribution in [3.8, 4) is 0 Å². The fourth-order valence-corrected chi connectivity index (χ4v) is 1.75. The minimum absolute atomic E-state index is 0.967. The van der Waals surface area contributed by atoms with Crippen molar-refractivity contribution in [3.63, 3.8) is 0 Å².